The number of nitrogens with one attached hydrogen (secondary N) is 1. The highest BCUT2D eigenvalue weighted by atomic mass is 15.3. The largest absolute Gasteiger partial charge is 0.309 e. The first-order valence-corrected chi connectivity index (χ1v) is 7.03. The lowest BCUT2D eigenvalue weighted by Crippen LogP contribution is -2.56. The van der Waals surface area contributed by atoms with Crippen molar-refractivity contribution in [1.82, 2.24) is 20.0 Å². The lowest BCUT2D eigenvalue weighted by molar-refractivity contribution is 0.116. The molecule has 2 atom stereocenters. The molecule has 0 aromatic heterocycles. The van der Waals surface area contributed by atoms with Gasteiger partial charge >= 0.3 is 0 Å². The molecule has 0 aromatic carbocycles. The van der Waals surface area contributed by atoms with Crippen LogP contribution in [0.15, 0.2) is 0 Å². The Bertz CT molecular complexity index is 215. The van der Waals surface area contributed by atoms with Crippen LogP contribution >= 0.6 is 0 Å². The Morgan fingerprint density at radius 2 is 1.41 bits per heavy atom. The standard InChI is InChI=1S/C13H28N4/c1-12-10-17(11-13(2)14-12)9-8-16-6-4-15(3)5-7-16/h12-14H,4-11H2,1-3H3. The van der Waals surface area contributed by atoms with E-state index in [4.69, 9.17) is 0 Å². The van der Waals surface area contributed by atoms with Gasteiger partial charge < -0.3 is 10.2 Å². The van der Waals surface area contributed by atoms with Crippen LogP contribution in [0.2, 0.25) is 0 Å². The fraction of sp³-hybridized carbons (Fsp3) is 1.00. The van der Waals surface area contributed by atoms with Gasteiger partial charge in [0.15, 0.2) is 0 Å². The van der Waals surface area contributed by atoms with Crippen LogP contribution in [0.1, 0.15) is 13.8 Å². The Morgan fingerprint density at radius 3 is 2.00 bits per heavy atom. The number of piperazine rings is 2. The minimum Gasteiger partial charge on any atom is -0.309 e. The minimum absolute atomic E-state index is 0.645. The van der Waals surface area contributed by atoms with Gasteiger partial charge in [-0.25, -0.2) is 0 Å². The van der Waals surface area contributed by atoms with E-state index >= 15 is 0 Å². The van der Waals surface area contributed by atoms with Gasteiger partial charge in [0.2, 0.25) is 0 Å². The Labute approximate surface area is 106 Å². The van der Waals surface area contributed by atoms with Gasteiger partial charge in [0.05, 0.1) is 0 Å². The first kappa shape index (κ1) is 13.3. The summed E-state index contributed by atoms with van der Waals surface area (Å²) in [4.78, 5) is 7.65. The van der Waals surface area contributed by atoms with Crippen molar-refractivity contribution in [1.29, 1.82) is 0 Å². The molecule has 0 saturated carbocycles. The van der Waals surface area contributed by atoms with Crippen LogP contribution in [0, 0.1) is 0 Å². The van der Waals surface area contributed by atoms with E-state index in [0.717, 1.165) is 0 Å². The van der Waals surface area contributed by atoms with E-state index < -0.39 is 0 Å². The topological polar surface area (TPSA) is 21.8 Å². The van der Waals surface area contributed by atoms with Gasteiger partial charge in [0, 0.05) is 64.4 Å². The zero-order chi connectivity index (χ0) is 12.3. The van der Waals surface area contributed by atoms with Crippen LogP contribution in [-0.2, 0) is 0 Å². The van der Waals surface area contributed by atoms with E-state index in [-0.39, 0.29) is 0 Å². The van der Waals surface area contributed by atoms with Gasteiger partial charge in [-0.3, -0.25) is 9.80 Å². The summed E-state index contributed by atoms with van der Waals surface area (Å²) >= 11 is 0. The summed E-state index contributed by atoms with van der Waals surface area (Å²) < 4.78 is 0. The summed E-state index contributed by atoms with van der Waals surface area (Å²) in [7, 11) is 2.22. The van der Waals surface area contributed by atoms with Gasteiger partial charge in [0.1, 0.15) is 0 Å². The molecule has 4 heteroatoms. The van der Waals surface area contributed by atoms with Crippen molar-refractivity contribution in [3.05, 3.63) is 0 Å². The molecular weight excluding hydrogens is 212 g/mol. The smallest absolute Gasteiger partial charge is 0.0169 e. The van der Waals surface area contributed by atoms with E-state index in [1.807, 2.05) is 0 Å². The zero-order valence-electron chi connectivity index (χ0n) is 11.7. The maximum Gasteiger partial charge on any atom is 0.0169 e. The number of hydrogen-bond donors (Lipinski definition) is 1. The molecule has 1 N–H and O–H groups in total. The third-order valence-electron chi connectivity index (χ3n) is 3.96. The second-order valence-electron chi connectivity index (χ2n) is 5.87. The Morgan fingerprint density at radius 1 is 0.882 bits per heavy atom. The molecule has 17 heavy (non-hydrogen) atoms. The Balaban J connectivity index is 1.67. The molecule has 0 spiro atoms. The first-order chi connectivity index (χ1) is 8.13. The molecule has 4 nitrogen and oxygen atoms in total. The van der Waals surface area contributed by atoms with Crippen LogP contribution in [-0.4, -0.2) is 86.2 Å². The van der Waals surface area contributed by atoms with Gasteiger partial charge in [-0.05, 0) is 20.9 Å². The van der Waals surface area contributed by atoms with Crippen molar-refractivity contribution in [2.24, 2.45) is 0 Å². The number of hydrogen-bond acceptors (Lipinski definition) is 4. The average Bonchev–Trinajstić information content (AvgIpc) is 2.27. The summed E-state index contributed by atoms with van der Waals surface area (Å²) in [6, 6.07) is 1.29. The molecule has 2 rings (SSSR count). The second-order valence-corrected chi connectivity index (χ2v) is 5.87. The highest BCUT2D eigenvalue weighted by Crippen LogP contribution is 2.05. The molecule has 0 aromatic rings. The number of nitrogens with zero attached hydrogens (tertiary/aromatic N) is 3. The molecule has 2 saturated heterocycles. The van der Waals surface area contributed by atoms with Gasteiger partial charge in [0.25, 0.3) is 0 Å². The molecule has 2 aliphatic rings. The lowest BCUT2D eigenvalue weighted by Gasteiger charge is -2.38. The summed E-state index contributed by atoms with van der Waals surface area (Å²) in [5, 5.41) is 3.59. The van der Waals surface area contributed by atoms with Crippen molar-refractivity contribution in [3.63, 3.8) is 0 Å². The third-order valence-corrected chi connectivity index (χ3v) is 3.96. The average molecular weight is 240 g/mol. The number of rotatable bonds is 3. The molecule has 2 fully saturated rings. The highest BCUT2D eigenvalue weighted by molar-refractivity contribution is 4.81. The summed E-state index contributed by atoms with van der Waals surface area (Å²) in [6.45, 7) is 14.4. The van der Waals surface area contributed by atoms with E-state index in [9.17, 15) is 0 Å². The SMILES string of the molecule is CC1CN(CCN2CCN(C)CC2)CC(C)N1. The van der Waals surface area contributed by atoms with E-state index in [1.165, 1.54) is 52.4 Å². The van der Waals surface area contributed by atoms with Crippen molar-refractivity contribution in [2.45, 2.75) is 25.9 Å². The van der Waals surface area contributed by atoms with E-state index in [1.54, 1.807) is 0 Å². The predicted octanol–water partition coefficient (Wildman–Crippen LogP) is -0.0840. The normalized spacial score (nSPS) is 34.1. The lowest BCUT2D eigenvalue weighted by atomic mass is 10.1. The van der Waals surface area contributed by atoms with Crippen LogP contribution in [0.3, 0.4) is 0 Å². The first-order valence-electron chi connectivity index (χ1n) is 7.03. The Kier molecular flexibility index (Phi) is 4.79. The third kappa shape index (κ3) is 4.21. The highest BCUT2D eigenvalue weighted by Gasteiger charge is 2.21. The van der Waals surface area contributed by atoms with Crippen molar-refractivity contribution >= 4 is 0 Å². The fourth-order valence-electron chi connectivity index (χ4n) is 2.98. The second kappa shape index (κ2) is 6.14. The molecule has 0 aliphatic carbocycles. The quantitative estimate of drug-likeness (QED) is 0.744. The molecule has 0 bridgehead atoms. The fourth-order valence-corrected chi connectivity index (χ4v) is 2.98. The Hall–Kier alpha value is -0.160. The maximum atomic E-state index is 3.59. The van der Waals surface area contributed by atoms with Gasteiger partial charge in [-0.1, -0.05) is 0 Å². The predicted molar refractivity (Wildman–Crippen MR) is 72.4 cm³/mol. The molecular formula is C13H28N4. The van der Waals surface area contributed by atoms with Gasteiger partial charge in [-0.15, -0.1) is 0 Å². The monoisotopic (exact) mass is 240 g/mol. The number of likely N-dealkylation sites (N-methyl/N-ethyl adjacent to an activating group) is 1. The van der Waals surface area contributed by atoms with E-state index in [2.05, 4.69) is 40.9 Å². The summed E-state index contributed by atoms with van der Waals surface area (Å²) in [6.07, 6.45) is 0. The minimum atomic E-state index is 0.645. The van der Waals surface area contributed by atoms with Crippen LogP contribution in [0.4, 0.5) is 0 Å². The zero-order valence-corrected chi connectivity index (χ0v) is 11.7. The maximum absolute atomic E-state index is 3.59. The molecule has 2 heterocycles. The van der Waals surface area contributed by atoms with Crippen LogP contribution < -0.4 is 5.32 Å². The van der Waals surface area contributed by atoms with Crippen LogP contribution in [0.5, 0.6) is 0 Å². The molecule has 2 aliphatic heterocycles. The summed E-state index contributed by atoms with van der Waals surface area (Å²) in [5.74, 6) is 0. The van der Waals surface area contributed by atoms with Crippen molar-refractivity contribution in [2.75, 3.05) is 59.4 Å². The van der Waals surface area contributed by atoms with Gasteiger partial charge in [-0.2, -0.15) is 0 Å². The molecule has 100 valence electrons. The van der Waals surface area contributed by atoms with Crippen molar-refractivity contribution < 1.29 is 0 Å². The molecule has 0 amide bonds. The van der Waals surface area contributed by atoms with Crippen molar-refractivity contribution in [3.8, 4) is 0 Å². The summed E-state index contributed by atoms with van der Waals surface area (Å²) in [5.41, 5.74) is 0. The molecule has 2 unspecified atom stereocenters. The molecule has 0 radical (unpaired) electrons. The van der Waals surface area contributed by atoms with Crippen LogP contribution in [0.25, 0.3) is 0 Å². The van der Waals surface area contributed by atoms with E-state index in [0.29, 0.717) is 12.1 Å².